The molecule has 2 rings (SSSR count). The Morgan fingerprint density at radius 3 is 2.52 bits per heavy atom. The van der Waals surface area contributed by atoms with E-state index >= 15 is 0 Å². The van der Waals surface area contributed by atoms with Gasteiger partial charge in [0.25, 0.3) is 10.0 Å². The van der Waals surface area contributed by atoms with Crippen LogP contribution >= 0.6 is 23.8 Å². The van der Waals surface area contributed by atoms with E-state index in [-0.39, 0.29) is 15.7 Å². The quantitative estimate of drug-likeness (QED) is 0.836. The number of rotatable bonds is 4. The fourth-order valence-electron chi connectivity index (χ4n) is 1.62. The molecule has 0 saturated heterocycles. The molecule has 110 valence electrons. The number of benzene rings is 2. The lowest BCUT2D eigenvalue weighted by atomic mass is 10.2. The minimum atomic E-state index is -4.10. The fraction of sp³-hybridized carbons (Fsp3) is 0. The van der Waals surface area contributed by atoms with Crippen LogP contribution < -0.4 is 10.5 Å². The number of thiocarbonyl (C=S) groups is 1. The summed E-state index contributed by atoms with van der Waals surface area (Å²) in [5.41, 5.74) is 6.00. The fourth-order valence-corrected chi connectivity index (χ4v) is 3.12. The Morgan fingerprint density at radius 1 is 1.24 bits per heavy atom. The number of hydrogen-bond donors (Lipinski definition) is 2. The van der Waals surface area contributed by atoms with E-state index in [0.29, 0.717) is 5.56 Å². The van der Waals surface area contributed by atoms with E-state index < -0.39 is 20.7 Å². The number of anilines is 1. The molecule has 0 unspecified atom stereocenters. The van der Waals surface area contributed by atoms with Gasteiger partial charge in [-0.25, -0.2) is 12.8 Å². The van der Waals surface area contributed by atoms with Crippen LogP contribution in [0.1, 0.15) is 5.56 Å². The van der Waals surface area contributed by atoms with Crippen molar-refractivity contribution >= 4 is 44.5 Å². The molecule has 0 amide bonds. The number of halogens is 2. The Balaban J connectivity index is 2.44. The highest BCUT2D eigenvalue weighted by molar-refractivity contribution is 7.92. The summed E-state index contributed by atoms with van der Waals surface area (Å²) in [5, 5.41) is 0.148. The lowest BCUT2D eigenvalue weighted by Gasteiger charge is -2.11. The van der Waals surface area contributed by atoms with Gasteiger partial charge in [-0.1, -0.05) is 42.0 Å². The predicted octanol–water partition coefficient (Wildman–Crippen LogP) is 2.91. The van der Waals surface area contributed by atoms with Gasteiger partial charge in [-0.15, -0.1) is 0 Å². The van der Waals surface area contributed by atoms with Crippen molar-refractivity contribution in [3.05, 3.63) is 58.9 Å². The summed E-state index contributed by atoms with van der Waals surface area (Å²) in [7, 11) is -4.10. The summed E-state index contributed by atoms with van der Waals surface area (Å²) in [4.78, 5) is -0.375. The zero-order valence-corrected chi connectivity index (χ0v) is 12.9. The Hall–Kier alpha value is -1.70. The number of nitrogens with two attached hydrogens (primary N) is 1. The van der Waals surface area contributed by atoms with Gasteiger partial charge in [0.15, 0.2) is 0 Å². The number of sulfonamides is 1. The van der Waals surface area contributed by atoms with Crippen molar-refractivity contribution in [1.82, 2.24) is 0 Å². The van der Waals surface area contributed by atoms with E-state index in [9.17, 15) is 12.8 Å². The van der Waals surface area contributed by atoms with Crippen molar-refractivity contribution in [2.75, 3.05) is 4.72 Å². The van der Waals surface area contributed by atoms with E-state index in [2.05, 4.69) is 4.72 Å². The van der Waals surface area contributed by atoms with Gasteiger partial charge >= 0.3 is 0 Å². The highest BCUT2D eigenvalue weighted by Crippen LogP contribution is 2.26. The second-order valence-electron chi connectivity index (χ2n) is 4.09. The first-order valence-corrected chi connectivity index (χ1v) is 7.95. The second kappa shape index (κ2) is 5.97. The van der Waals surface area contributed by atoms with E-state index in [1.807, 2.05) is 0 Å². The maximum atomic E-state index is 13.6. The van der Waals surface area contributed by atoms with Crippen LogP contribution in [0, 0.1) is 5.82 Å². The molecule has 0 atom stereocenters. The molecule has 0 aromatic heterocycles. The molecule has 21 heavy (non-hydrogen) atoms. The Bertz CT molecular complexity index is 810. The zero-order chi connectivity index (χ0) is 15.6. The molecule has 0 aliphatic heterocycles. The standard InChI is InChI=1S/C13H10ClFN2O2S2/c14-9-6-5-8(13(16)20)7-11(9)17-21(18,19)12-4-2-1-3-10(12)15/h1-7,17H,(H2,16,20). The van der Waals surface area contributed by atoms with Crippen LogP contribution in [-0.4, -0.2) is 13.4 Å². The SMILES string of the molecule is NC(=S)c1ccc(Cl)c(NS(=O)(=O)c2ccccc2F)c1. The molecule has 2 aromatic rings. The molecule has 0 spiro atoms. The van der Waals surface area contributed by atoms with Crippen molar-refractivity contribution < 1.29 is 12.8 Å². The van der Waals surface area contributed by atoms with Gasteiger partial charge in [0, 0.05) is 5.56 Å². The first-order valence-electron chi connectivity index (χ1n) is 5.68. The first-order chi connectivity index (χ1) is 9.81. The summed E-state index contributed by atoms with van der Waals surface area (Å²) < 4.78 is 40.2. The van der Waals surface area contributed by atoms with Gasteiger partial charge in [-0.2, -0.15) is 0 Å². The summed E-state index contributed by atoms with van der Waals surface area (Å²) in [5.74, 6) is -0.855. The first kappa shape index (κ1) is 15.7. The lowest BCUT2D eigenvalue weighted by Crippen LogP contribution is -2.16. The Morgan fingerprint density at radius 2 is 1.90 bits per heavy atom. The largest absolute Gasteiger partial charge is 0.389 e. The number of hydrogen-bond acceptors (Lipinski definition) is 3. The molecule has 0 fully saturated rings. The molecule has 0 heterocycles. The van der Waals surface area contributed by atoms with Crippen molar-refractivity contribution in [3.63, 3.8) is 0 Å². The second-order valence-corrected chi connectivity index (χ2v) is 6.59. The van der Waals surface area contributed by atoms with Gasteiger partial charge in [-0.05, 0) is 24.3 Å². The van der Waals surface area contributed by atoms with Crippen molar-refractivity contribution in [1.29, 1.82) is 0 Å². The molecule has 0 saturated carbocycles. The van der Waals surface area contributed by atoms with Gasteiger partial charge in [0.2, 0.25) is 0 Å². The Kier molecular flexibility index (Phi) is 4.46. The van der Waals surface area contributed by atoms with E-state index in [1.165, 1.54) is 24.3 Å². The summed E-state index contributed by atoms with van der Waals surface area (Å²) in [6.45, 7) is 0. The maximum absolute atomic E-state index is 13.6. The van der Waals surface area contributed by atoms with E-state index in [0.717, 1.165) is 12.1 Å². The summed E-state index contributed by atoms with van der Waals surface area (Å²) in [6, 6.07) is 9.44. The monoisotopic (exact) mass is 344 g/mol. The summed E-state index contributed by atoms with van der Waals surface area (Å²) in [6.07, 6.45) is 0. The highest BCUT2D eigenvalue weighted by Gasteiger charge is 2.20. The average molecular weight is 345 g/mol. The van der Waals surface area contributed by atoms with Gasteiger partial charge in [0.05, 0.1) is 10.7 Å². The highest BCUT2D eigenvalue weighted by atomic mass is 35.5. The van der Waals surface area contributed by atoms with Gasteiger partial charge in [-0.3, -0.25) is 4.72 Å². The molecule has 0 bridgehead atoms. The molecule has 0 aliphatic carbocycles. The smallest absolute Gasteiger partial charge is 0.264 e. The predicted molar refractivity (Wildman–Crippen MR) is 84.5 cm³/mol. The van der Waals surface area contributed by atoms with Crippen LogP contribution in [0.2, 0.25) is 5.02 Å². The third-order valence-electron chi connectivity index (χ3n) is 2.62. The van der Waals surface area contributed by atoms with E-state index in [4.69, 9.17) is 29.6 Å². The van der Waals surface area contributed by atoms with Crippen LogP contribution in [0.3, 0.4) is 0 Å². The lowest BCUT2D eigenvalue weighted by molar-refractivity contribution is 0.570. The minimum absolute atomic E-state index is 0.0743. The van der Waals surface area contributed by atoms with Gasteiger partial charge < -0.3 is 5.73 Å². The third kappa shape index (κ3) is 3.49. The molecular formula is C13H10ClFN2O2S2. The molecular weight excluding hydrogens is 335 g/mol. The molecule has 2 aromatic carbocycles. The van der Waals surface area contributed by atoms with Crippen LogP contribution in [0.5, 0.6) is 0 Å². The molecule has 4 nitrogen and oxygen atoms in total. The van der Waals surface area contributed by atoms with Crippen LogP contribution in [0.4, 0.5) is 10.1 Å². The molecule has 0 aliphatic rings. The normalized spacial score (nSPS) is 11.1. The maximum Gasteiger partial charge on any atom is 0.264 e. The third-order valence-corrected chi connectivity index (χ3v) is 4.59. The molecule has 0 radical (unpaired) electrons. The minimum Gasteiger partial charge on any atom is -0.389 e. The van der Waals surface area contributed by atoms with Crippen molar-refractivity contribution in [2.24, 2.45) is 5.73 Å². The van der Waals surface area contributed by atoms with Crippen molar-refractivity contribution in [3.8, 4) is 0 Å². The molecule has 3 N–H and O–H groups in total. The van der Waals surface area contributed by atoms with Crippen molar-refractivity contribution in [2.45, 2.75) is 4.90 Å². The zero-order valence-electron chi connectivity index (χ0n) is 10.5. The number of nitrogens with one attached hydrogen (secondary N) is 1. The topological polar surface area (TPSA) is 72.2 Å². The Labute approximate surface area is 131 Å². The van der Waals surface area contributed by atoms with E-state index in [1.54, 1.807) is 6.07 Å². The average Bonchev–Trinajstić information content (AvgIpc) is 2.41. The summed E-state index contributed by atoms with van der Waals surface area (Å²) >= 11 is 10.7. The van der Waals surface area contributed by atoms with Gasteiger partial charge in [0.1, 0.15) is 15.7 Å². The van der Waals surface area contributed by atoms with Crippen LogP contribution in [-0.2, 0) is 10.0 Å². The van der Waals surface area contributed by atoms with Crippen LogP contribution in [0.25, 0.3) is 0 Å². The van der Waals surface area contributed by atoms with Crippen LogP contribution in [0.15, 0.2) is 47.4 Å². The molecule has 8 heteroatoms.